The molecule has 0 aromatic carbocycles. The summed E-state index contributed by atoms with van der Waals surface area (Å²) >= 11 is 0. The van der Waals surface area contributed by atoms with Crippen molar-refractivity contribution in [1.29, 1.82) is 0 Å². The molecule has 16 heteroatoms. The average molecular weight is 813 g/mol. The first kappa shape index (κ1) is 48.0. The van der Waals surface area contributed by atoms with Crippen molar-refractivity contribution in [3.8, 4) is 0 Å². The molecule has 3 aliphatic rings. The molecular weight excluding hydrogens is 748 g/mol. The van der Waals surface area contributed by atoms with Gasteiger partial charge in [-0.05, 0) is 25.3 Å². The summed E-state index contributed by atoms with van der Waals surface area (Å²) in [6, 6.07) is 0. The Labute approximate surface area is 335 Å². The van der Waals surface area contributed by atoms with Crippen LogP contribution >= 0.6 is 0 Å². The van der Waals surface area contributed by atoms with Crippen molar-refractivity contribution in [1.82, 2.24) is 0 Å². The molecule has 0 aromatic heterocycles. The van der Waals surface area contributed by atoms with E-state index in [0.717, 1.165) is 44.9 Å². The molecule has 2 fully saturated rings. The molecule has 4 N–H and O–H groups in total. The van der Waals surface area contributed by atoms with Gasteiger partial charge in [0.1, 0.15) is 12.2 Å². The van der Waals surface area contributed by atoms with E-state index < -0.39 is 101 Å². The van der Waals surface area contributed by atoms with Gasteiger partial charge in [0, 0.05) is 56.6 Å². The van der Waals surface area contributed by atoms with Crippen LogP contribution in [0.2, 0.25) is 0 Å². The predicted molar refractivity (Wildman–Crippen MR) is 201 cm³/mol. The number of carbonyl (C=O) groups is 5. The molecule has 0 spiro atoms. The largest absolute Gasteiger partial charge is 0.466 e. The third-order valence-corrected chi connectivity index (χ3v) is 11.2. The number of cyclic esters (lactones) is 2. The second kappa shape index (κ2) is 20.5. The van der Waals surface area contributed by atoms with Gasteiger partial charge in [0.05, 0.1) is 50.0 Å². The van der Waals surface area contributed by atoms with E-state index in [9.17, 15) is 44.4 Å². The maximum absolute atomic E-state index is 13.3. The Kier molecular flexibility index (Phi) is 17.3. The minimum absolute atomic E-state index is 0.0228. The number of ether oxygens (including phenoxy) is 7. The minimum Gasteiger partial charge on any atom is -0.466 e. The van der Waals surface area contributed by atoms with E-state index in [0.29, 0.717) is 6.42 Å². The summed E-state index contributed by atoms with van der Waals surface area (Å²) in [5, 5.41) is 46.2. The van der Waals surface area contributed by atoms with Gasteiger partial charge in [0.15, 0.2) is 11.9 Å². The number of unbranched alkanes of at least 4 members (excludes halogenated alkanes) is 4. The quantitative estimate of drug-likeness (QED) is 0.107. The van der Waals surface area contributed by atoms with Crippen LogP contribution in [0.3, 0.4) is 0 Å². The monoisotopic (exact) mass is 812 g/mol. The van der Waals surface area contributed by atoms with Crippen LogP contribution in [0.5, 0.6) is 0 Å². The first-order chi connectivity index (χ1) is 26.6. The average Bonchev–Trinajstić information content (AvgIpc) is 3.10. The molecule has 9 atom stereocenters. The van der Waals surface area contributed by atoms with E-state index in [2.05, 4.69) is 6.92 Å². The molecule has 4 bridgehead atoms. The summed E-state index contributed by atoms with van der Waals surface area (Å²) < 4.78 is 39.9. The van der Waals surface area contributed by atoms with Crippen molar-refractivity contribution in [2.24, 2.45) is 10.8 Å². The van der Waals surface area contributed by atoms with Crippen LogP contribution in [0.25, 0.3) is 0 Å². The third kappa shape index (κ3) is 12.8. The molecule has 0 unspecified atom stereocenters. The van der Waals surface area contributed by atoms with Crippen LogP contribution in [0.1, 0.15) is 126 Å². The smallest absolute Gasteiger partial charge is 0.330 e. The molecule has 324 valence electrons. The lowest BCUT2D eigenvalue weighted by molar-refractivity contribution is -0.343. The Balaban J connectivity index is 2.07. The molecule has 0 saturated carbocycles. The van der Waals surface area contributed by atoms with Gasteiger partial charge in [-0.3, -0.25) is 14.4 Å². The van der Waals surface area contributed by atoms with Crippen molar-refractivity contribution >= 4 is 29.8 Å². The number of rotatable bonds is 10. The highest BCUT2D eigenvalue weighted by atomic mass is 16.7. The molecule has 2 saturated heterocycles. The van der Waals surface area contributed by atoms with E-state index in [1.807, 2.05) is 0 Å². The highest BCUT2D eigenvalue weighted by Crippen LogP contribution is 2.48. The fraction of sp³-hybridized carbons (Fsp3) is 0.780. The predicted octanol–water partition coefficient (Wildman–Crippen LogP) is 3.62. The zero-order valence-electron chi connectivity index (χ0n) is 34.7. The summed E-state index contributed by atoms with van der Waals surface area (Å²) in [4.78, 5) is 64.4. The maximum Gasteiger partial charge on any atom is 0.330 e. The van der Waals surface area contributed by atoms with Gasteiger partial charge >= 0.3 is 29.8 Å². The van der Waals surface area contributed by atoms with Crippen LogP contribution in [0, 0.1) is 10.8 Å². The van der Waals surface area contributed by atoms with Gasteiger partial charge in [-0.15, -0.1) is 0 Å². The molecule has 3 aliphatic heterocycles. The highest BCUT2D eigenvalue weighted by molar-refractivity contribution is 5.83. The molecule has 0 aromatic rings. The van der Waals surface area contributed by atoms with Crippen molar-refractivity contribution < 1.29 is 77.6 Å². The normalized spacial score (nSPS) is 34.1. The van der Waals surface area contributed by atoms with Crippen LogP contribution < -0.4 is 0 Å². The Hall–Kier alpha value is -3.41. The molecule has 16 nitrogen and oxygen atoms in total. The number of methoxy groups -OCH3 is 1. The lowest BCUT2D eigenvalue weighted by Crippen LogP contribution is -2.62. The second-order valence-corrected chi connectivity index (χ2v) is 16.6. The van der Waals surface area contributed by atoms with Crippen molar-refractivity contribution in [3.05, 3.63) is 23.8 Å². The SMILES string of the molecule is CCCCCCCC(=O)O[C@H]1/C(=C/C(=O)OC)C[C@H]2C[C@H]([C@@H](C)O)OC(=O)C[C@H](O)C[C@@H]3C[C@H](OC(C)=O)C(C)(C)[C@](O)(CCOC(=O)/C=C\C(C)(C)[C@]1(O)O2)O3. The van der Waals surface area contributed by atoms with Gasteiger partial charge in [-0.1, -0.05) is 66.4 Å². The summed E-state index contributed by atoms with van der Waals surface area (Å²) in [5.41, 5.74) is -2.68. The fourth-order valence-electron chi connectivity index (χ4n) is 7.48. The number of esters is 5. The standard InChI is InChI=1S/C41H64O16/c1-9-10-11-12-13-14-34(46)55-37-27(20-35(47)51-8)19-29-23-31(25(2)42)54-36(48)22-28(44)21-30-24-32(53-26(3)43)39(6,7)40(49,56-30)17-18-52-33(45)15-16-38(4,5)41(37,50)57-29/h15-16,20,25,28-32,37,42,44,49-50H,9-14,17-19,21-24H2,1-8H3/b16-15-,27-20+/t25-,28-,29+,30-,31-,32+,37+,40+,41-/m1/s1. The summed E-state index contributed by atoms with van der Waals surface area (Å²) in [5.74, 6) is -8.33. The Morgan fingerprint density at radius 1 is 0.965 bits per heavy atom. The molecular formula is C41H64O16. The summed E-state index contributed by atoms with van der Waals surface area (Å²) in [6.07, 6.45) is -1.88. The van der Waals surface area contributed by atoms with E-state index in [1.165, 1.54) is 33.8 Å². The van der Waals surface area contributed by atoms with Gasteiger partial charge in [-0.25, -0.2) is 9.59 Å². The van der Waals surface area contributed by atoms with E-state index >= 15 is 0 Å². The number of carbonyl (C=O) groups excluding carboxylic acids is 5. The zero-order chi connectivity index (χ0) is 42.8. The fourth-order valence-corrected chi connectivity index (χ4v) is 7.48. The van der Waals surface area contributed by atoms with Crippen molar-refractivity contribution in [2.75, 3.05) is 13.7 Å². The third-order valence-electron chi connectivity index (χ3n) is 11.2. The van der Waals surface area contributed by atoms with Gasteiger partial charge in [0.2, 0.25) is 5.79 Å². The lowest BCUT2D eigenvalue weighted by Gasteiger charge is -2.52. The molecule has 0 radical (unpaired) electrons. The van der Waals surface area contributed by atoms with Crippen LogP contribution in [-0.2, 0) is 57.1 Å². The van der Waals surface area contributed by atoms with Crippen LogP contribution in [-0.4, -0.2) is 118 Å². The van der Waals surface area contributed by atoms with Crippen LogP contribution in [0.15, 0.2) is 23.8 Å². The zero-order valence-corrected chi connectivity index (χ0v) is 34.7. The second-order valence-electron chi connectivity index (χ2n) is 16.6. The number of hydrogen-bond donors (Lipinski definition) is 4. The minimum atomic E-state index is -2.47. The maximum atomic E-state index is 13.3. The molecule has 0 amide bonds. The lowest BCUT2D eigenvalue weighted by atomic mass is 9.71. The Morgan fingerprint density at radius 3 is 2.28 bits per heavy atom. The highest BCUT2D eigenvalue weighted by Gasteiger charge is 2.59. The Morgan fingerprint density at radius 2 is 1.65 bits per heavy atom. The van der Waals surface area contributed by atoms with Gasteiger partial charge in [-0.2, -0.15) is 0 Å². The van der Waals surface area contributed by atoms with Crippen molar-refractivity contribution in [3.63, 3.8) is 0 Å². The first-order valence-corrected chi connectivity index (χ1v) is 19.9. The number of hydrogen-bond acceptors (Lipinski definition) is 16. The Bertz CT molecular complexity index is 1470. The number of aliphatic hydroxyl groups excluding tert-OH is 2. The van der Waals surface area contributed by atoms with Gasteiger partial charge < -0.3 is 53.6 Å². The number of aliphatic hydroxyl groups is 4. The van der Waals surface area contributed by atoms with E-state index in [1.54, 1.807) is 13.8 Å². The molecule has 0 aliphatic carbocycles. The molecule has 3 heterocycles. The molecule has 3 rings (SSSR count). The molecule has 57 heavy (non-hydrogen) atoms. The van der Waals surface area contributed by atoms with E-state index in [4.69, 9.17) is 33.2 Å². The van der Waals surface area contributed by atoms with Crippen molar-refractivity contribution in [2.45, 2.75) is 180 Å². The van der Waals surface area contributed by atoms with Crippen LogP contribution in [0.4, 0.5) is 0 Å². The number of fused-ring (bicyclic) bond motifs is 4. The van der Waals surface area contributed by atoms with E-state index in [-0.39, 0.29) is 50.7 Å². The first-order valence-electron chi connectivity index (χ1n) is 19.9. The summed E-state index contributed by atoms with van der Waals surface area (Å²) in [7, 11) is 1.16. The summed E-state index contributed by atoms with van der Waals surface area (Å²) in [6.45, 7) is 10.6. The topological polar surface area (TPSA) is 231 Å². The van der Waals surface area contributed by atoms with Gasteiger partial charge in [0.25, 0.3) is 0 Å².